The summed E-state index contributed by atoms with van der Waals surface area (Å²) in [5.74, 6) is -0.206. The number of aromatic nitrogens is 1. The molecule has 2 N–H and O–H groups in total. The molecule has 0 unspecified atom stereocenters. The number of carbonyl (C=O) groups excluding carboxylic acids is 1. The topological polar surface area (TPSA) is 54.0 Å². The summed E-state index contributed by atoms with van der Waals surface area (Å²) in [6.07, 6.45) is 2.42. The molecule has 0 radical (unpaired) electrons. The normalized spacial score (nSPS) is 11.2. The molecule has 0 aliphatic carbocycles. The van der Waals surface area contributed by atoms with E-state index in [4.69, 9.17) is 0 Å². The molecule has 4 nitrogen and oxygen atoms in total. The van der Waals surface area contributed by atoms with Gasteiger partial charge in [-0.15, -0.1) is 0 Å². The van der Waals surface area contributed by atoms with Gasteiger partial charge in [0.25, 0.3) is 5.91 Å². The van der Waals surface area contributed by atoms with Gasteiger partial charge in [-0.1, -0.05) is 6.92 Å². The van der Waals surface area contributed by atoms with Crippen LogP contribution in [0.3, 0.4) is 0 Å². The lowest BCUT2D eigenvalue weighted by atomic mass is 10.2. The number of pyridine rings is 1. The summed E-state index contributed by atoms with van der Waals surface area (Å²) in [6, 6.07) is 3.19. The Hall–Kier alpha value is -1.44. The van der Waals surface area contributed by atoms with Crippen molar-refractivity contribution in [3.8, 4) is 0 Å². The summed E-state index contributed by atoms with van der Waals surface area (Å²) < 4.78 is 35.8. The quantitative estimate of drug-likeness (QED) is 0.761. The molecular weight excluding hydrogens is 291 g/mol. The number of rotatable bonds is 7. The molecule has 1 amide bonds. The molecule has 0 atom stereocenters. The molecule has 0 saturated carbocycles. The SMILES string of the molecule is CCCNc1ncccc1C(=O)NCCSC(F)(F)F. The number of thioether (sulfide) groups is 1. The van der Waals surface area contributed by atoms with Crippen LogP contribution in [0.2, 0.25) is 0 Å². The average Bonchev–Trinajstić information content (AvgIpc) is 2.40. The third kappa shape index (κ3) is 6.14. The van der Waals surface area contributed by atoms with E-state index in [0.717, 1.165) is 6.42 Å². The van der Waals surface area contributed by atoms with Crippen LogP contribution in [0, 0.1) is 0 Å². The number of anilines is 1. The van der Waals surface area contributed by atoms with Crippen LogP contribution in [-0.2, 0) is 0 Å². The van der Waals surface area contributed by atoms with E-state index in [2.05, 4.69) is 15.6 Å². The molecule has 20 heavy (non-hydrogen) atoms. The van der Waals surface area contributed by atoms with Crippen LogP contribution in [0.1, 0.15) is 23.7 Å². The van der Waals surface area contributed by atoms with Gasteiger partial charge in [0.15, 0.2) is 0 Å². The number of alkyl halides is 3. The molecule has 1 heterocycles. The van der Waals surface area contributed by atoms with Crippen LogP contribution >= 0.6 is 11.8 Å². The van der Waals surface area contributed by atoms with E-state index in [-0.39, 0.29) is 24.1 Å². The van der Waals surface area contributed by atoms with Gasteiger partial charge in [-0.3, -0.25) is 4.79 Å². The van der Waals surface area contributed by atoms with Crippen LogP contribution < -0.4 is 10.6 Å². The standard InChI is InChI=1S/C12H16F3N3OS/c1-2-5-16-10-9(4-3-6-17-10)11(19)18-7-8-20-12(13,14)15/h3-4,6H,2,5,7-8H2,1H3,(H,16,17)(H,18,19). The third-order valence-electron chi connectivity index (χ3n) is 2.25. The number of carbonyl (C=O) groups is 1. The van der Waals surface area contributed by atoms with E-state index in [0.29, 0.717) is 17.9 Å². The van der Waals surface area contributed by atoms with Crippen molar-refractivity contribution in [1.29, 1.82) is 0 Å². The first-order chi connectivity index (χ1) is 9.44. The molecule has 0 saturated heterocycles. The lowest BCUT2D eigenvalue weighted by Crippen LogP contribution is -2.27. The van der Waals surface area contributed by atoms with Gasteiger partial charge in [0.2, 0.25) is 0 Å². The highest BCUT2D eigenvalue weighted by molar-refractivity contribution is 8.00. The summed E-state index contributed by atoms with van der Waals surface area (Å²) in [6.45, 7) is 2.59. The lowest BCUT2D eigenvalue weighted by Gasteiger charge is -2.11. The second-order valence-electron chi connectivity index (χ2n) is 3.88. The number of nitrogens with one attached hydrogen (secondary N) is 2. The minimum absolute atomic E-state index is 0.0505. The largest absolute Gasteiger partial charge is 0.441 e. The number of amides is 1. The minimum atomic E-state index is -4.27. The molecule has 0 spiro atoms. The second kappa shape index (κ2) is 7.98. The van der Waals surface area contributed by atoms with Gasteiger partial charge in [0, 0.05) is 25.0 Å². The van der Waals surface area contributed by atoms with E-state index >= 15 is 0 Å². The summed E-state index contributed by atoms with van der Waals surface area (Å²) in [4.78, 5) is 15.9. The van der Waals surface area contributed by atoms with Gasteiger partial charge in [-0.05, 0) is 30.3 Å². The van der Waals surface area contributed by atoms with Crippen LogP contribution in [0.25, 0.3) is 0 Å². The van der Waals surface area contributed by atoms with Gasteiger partial charge in [-0.25, -0.2) is 4.98 Å². The van der Waals surface area contributed by atoms with Crippen LogP contribution in [0.4, 0.5) is 19.0 Å². The fraction of sp³-hybridized carbons (Fsp3) is 0.500. The molecule has 1 rings (SSSR count). The van der Waals surface area contributed by atoms with Crippen molar-refractivity contribution < 1.29 is 18.0 Å². The fourth-order valence-electron chi connectivity index (χ4n) is 1.40. The maximum atomic E-state index is 11.9. The van der Waals surface area contributed by atoms with Gasteiger partial charge in [-0.2, -0.15) is 13.2 Å². The van der Waals surface area contributed by atoms with Crippen LogP contribution in [-0.4, -0.2) is 35.2 Å². The predicted octanol–water partition coefficient (Wildman–Crippen LogP) is 2.89. The Bertz CT molecular complexity index is 440. The first-order valence-electron chi connectivity index (χ1n) is 6.12. The van der Waals surface area contributed by atoms with Crippen molar-refractivity contribution in [2.45, 2.75) is 18.9 Å². The summed E-state index contributed by atoms with van der Waals surface area (Å²) in [5.41, 5.74) is -3.94. The monoisotopic (exact) mass is 307 g/mol. The zero-order valence-corrected chi connectivity index (χ0v) is 11.8. The van der Waals surface area contributed by atoms with Crippen molar-refractivity contribution in [3.05, 3.63) is 23.9 Å². The van der Waals surface area contributed by atoms with Gasteiger partial charge in [0.05, 0.1) is 5.56 Å². The first kappa shape index (κ1) is 16.6. The Morgan fingerprint density at radius 1 is 1.40 bits per heavy atom. The molecule has 0 bridgehead atoms. The Labute approximate surface area is 119 Å². The summed E-state index contributed by atoms with van der Waals surface area (Å²) >= 11 is -0.157. The molecule has 0 aliphatic rings. The van der Waals surface area contributed by atoms with Crippen molar-refractivity contribution >= 4 is 23.5 Å². The summed E-state index contributed by atoms with van der Waals surface area (Å²) in [7, 11) is 0. The second-order valence-corrected chi connectivity index (χ2v) is 5.04. The van der Waals surface area contributed by atoms with Crippen molar-refractivity contribution in [2.75, 3.05) is 24.2 Å². The Balaban J connectivity index is 2.50. The fourth-order valence-corrected chi connectivity index (χ4v) is 1.83. The highest BCUT2D eigenvalue weighted by Gasteiger charge is 2.27. The van der Waals surface area contributed by atoms with E-state index in [1.54, 1.807) is 18.3 Å². The average molecular weight is 307 g/mol. The molecule has 0 fully saturated rings. The number of hydrogen-bond acceptors (Lipinski definition) is 4. The van der Waals surface area contributed by atoms with E-state index in [1.807, 2.05) is 6.92 Å². The van der Waals surface area contributed by atoms with Gasteiger partial charge < -0.3 is 10.6 Å². The van der Waals surface area contributed by atoms with Crippen molar-refractivity contribution in [2.24, 2.45) is 0 Å². The van der Waals surface area contributed by atoms with E-state index in [9.17, 15) is 18.0 Å². The Morgan fingerprint density at radius 3 is 2.80 bits per heavy atom. The van der Waals surface area contributed by atoms with Gasteiger partial charge in [0.1, 0.15) is 5.82 Å². The number of halogens is 3. The molecule has 8 heteroatoms. The third-order valence-corrected chi connectivity index (χ3v) is 2.98. The van der Waals surface area contributed by atoms with Gasteiger partial charge >= 0.3 is 5.51 Å². The highest BCUT2D eigenvalue weighted by atomic mass is 32.2. The Morgan fingerprint density at radius 2 is 2.15 bits per heavy atom. The predicted molar refractivity (Wildman–Crippen MR) is 73.9 cm³/mol. The van der Waals surface area contributed by atoms with Crippen molar-refractivity contribution in [3.63, 3.8) is 0 Å². The maximum Gasteiger partial charge on any atom is 0.441 e. The van der Waals surface area contributed by atoms with Crippen LogP contribution in [0.15, 0.2) is 18.3 Å². The van der Waals surface area contributed by atoms with Crippen LogP contribution in [0.5, 0.6) is 0 Å². The molecule has 1 aromatic heterocycles. The molecular formula is C12H16F3N3OS. The maximum absolute atomic E-state index is 11.9. The molecule has 1 aromatic rings. The number of nitrogens with zero attached hydrogens (tertiary/aromatic N) is 1. The smallest absolute Gasteiger partial charge is 0.369 e. The Kier molecular flexibility index (Phi) is 6.63. The zero-order valence-electron chi connectivity index (χ0n) is 11.0. The molecule has 112 valence electrons. The molecule has 0 aliphatic heterocycles. The van der Waals surface area contributed by atoms with E-state index < -0.39 is 11.4 Å². The molecule has 0 aromatic carbocycles. The first-order valence-corrected chi connectivity index (χ1v) is 7.10. The minimum Gasteiger partial charge on any atom is -0.369 e. The lowest BCUT2D eigenvalue weighted by molar-refractivity contribution is -0.0327. The zero-order chi connectivity index (χ0) is 15.0. The van der Waals surface area contributed by atoms with Crippen molar-refractivity contribution in [1.82, 2.24) is 10.3 Å². The van der Waals surface area contributed by atoms with E-state index in [1.165, 1.54) is 0 Å². The number of hydrogen-bond donors (Lipinski definition) is 2. The summed E-state index contributed by atoms with van der Waals surface area (Å²) in [5, 5.41) is 5.45. The highest BCUT2D eigenvalue weighted by Crippen LogP contribution is 2.29.